The van der Waals surface area contributed by atoms with Crippen LogP contribution in [0.4, 0.5) is 5.69 Å². The molecule has 0 aliphatic rings. The zero-order chi connectivity index (χ0) is 12.0. The van der Waals surface area contributed by atoms with Gasteiger partial charge in [0.05, 0.1) is 4.90 Å². The molecule has 0 bridgehead atoms. The number of nitrogens with one attached hydrogen (secondary N) is 2. The zero-order valence-corrected chi connectivity index (χ0v) is 10.0. The summed E-state index contributed by atoms with van der Waals surface area (Å²) < 4.78 is 25.1. The maximum atomic E-state index is 11.4. The van der Waals surface area contributed by atoms with Crippen molar-refractivity contribution in [2.45, 2.75) is 11.3 Å². The maximum Gasteiger partial charge on any atom is 0.240 e. The fourth-order valence-corrected chi connectivity index (χ4v) is 1.92. The van der Waals surface area contributed by atoms with Gasteiger partial charge in [0.25, 0.3) is 0 Å². The Morgan fingerprint density at radius 1 is 1.31 bits per heavy atom. The minimum atomic E-state index is -3.33. The summed E-state index contributed by atoms with van der Waals surface area (Å²) in [6.07, 6.45) is 2.70. The van der Waals surface area contributed by atoms with E-state index in [0.29, 0.717) is 0 Å². The van der Waals surface area contributed by atoms with Crippen molar-refractivity contribution in [2.75, 3.05) is 18.9 Å². The van der Waals surface area contributed by atoms with Crippen LogP contribution in [0.15, 0.2) is 41.8 Å². The van der Waals surface area contributed by atoms with E-state index >= 15 is 0 Å². The molecule has 1 rings (SSSR count). The molecule has 16 heavy (non-hydrogen) atoms. The topological polar surface area (TPSA) is 58.2 Å². The lowest BCUT2D eigenvalue weighted by Crippen LogP contribution is -2.18. The number of rotatable bonds is 6. The Kier molecular flexibility index (Phi) is 4.52. The minimum absolute atomic E-state index is 0.268. The molecule has 0 aliphatic heterocycles. The average molecular weight is 240 g/mol. The van der Waals surface area contributed by atoms with Crippen molar-refractivity contribution in [3.05, 3.63) is 36.9 Å². The van der Waals surface area contributed by atoms with E-state index in [1.165, 1.54) is 7.05 Å². The molecule has 0 saturated heterocycles. The van der Waals surface area contributed by atoms with Crippen molar-refractivity contribution in [2.24, 2.45) is 0 Å². The van der Waals surface area contributed by atoms with Gasteiger partial charge >= 0.3 is 0 Å². The van der Waals surface area contributed by atoms with E-state index in [9.17, 15) is 8.42 Å². The van der Waals surface area contributed by atoms with Crippen molar-refractivity contribution < 1.29 is 8.42 Å². The molecular formula is C11H16N2O2S. The van der Waals surface area contributed by atoms with E-state index in [2.05, 4.69) is 16.6 Å². The van der Waals surface area contributed by atoms with Crippen molar-refractivity contribution in [1.82, 2.24) is 4.72 Å². The third-order valence-corrected chi connectivity index (χ3v) is 3.54. The largest absolute Gasteiger partial charge is 0.385 e. The van der Waals surface area contributed by atoms with Crippen LogP contribution in [0.2, 0.25) is 0 Å². The molecule has 0 fully saturated rings. The first-order valence-corrected chi connectivity index (χ1v) is 6.47. The summed E-state index contributed by atoms with van der Waals surface area (Å²) in [5.74, 6) is 0. The van der Waals surface area contributed by atoms with E-state index in [0.717, 1.165) is 18.7 Å². The molecule has 1 aromatic carbocycles. The number of hydrogen-bond donors (Lipinski definition) is 2. The molecule has 88 valence electrons. The lowest BCUT2D eigenvalue weighted by molar-refractivity contribution is 0.588. The van der Waals surface area contributed by atoms with Crippen molar-refractivity contribution in [3.8, 4) is 0 Å². The Morgan fingerprint density at radius 2 is 1.94 bits per heavy atom. The van der Waals surface area contributed by atoms with Crippen LogP contribution < -0.4 is 10.0 Å². The number of sulfonamides is 1. The molecule has 0 saturated carbocycles. The van der Waals surface area contributed by atoms with Gasteiger partial charge in [0.1, 0.15) is 0 Å². The summed E-state index contributed by atoms with van der Waals surface area (Å²) in [5.41, 5.74) is 0.900. The highest BCUT2D eigenvalue weighted by molar-refractivity contribution is 7.89. The first-order valence-electron chi connectivity index (χ1n) is 4.98. The monoisotopic (exact) mass is 240 g/mol. The highest BCUT2D eigenvalue weighted by Gasteiger charge is 2.09. The lowest BCUT2D eigenvalue weighted by atomic mass is 10.3. The molecule has 0 atom stereocenters. The molecule has 1 aromatic rings. The van der Waals surface area contributed by atoms with Crippen LogP contribution in [0, 0.1) is 0 Å². The van der Waals surface area contributed by atoms with Gasteiger partial charge in [-0.2, -0.15) is 0 Å². The molecule has 0 heterocycles. The summed E-state index contributed by atoms with van der Waals surface area (Å²) in [6.45, 7) is 4.42. The Bertz CT molecular complexity index is 438. The molecular weight excluding hydrogens is 224 g/mol. The Morgan fingerprint density at radius 3 is 2.44 bits per heavy atom. The summed E-state index contributed by atoms with van der Waals surface area (Å²) in [5, 5.41) is 3.16. The van der Waals surface area contributed by atoms with Gasteiger partial charge < -0.3 is 5.32 Å². The van der Waals surface area contributed by atoms with Crippen molar-refractivity contribution in [3.63, 3.8) is 0 Å². The fraction of sp³-hybridized carbons (Fsp3) is 0.273. The second-order valence-corrected chi connectivity index (χ2v) is 5.12. The zero-order valence-electron chi connectivity index (χ0n) is 9.23. The average Bonchev–Trinajstić information content (AvgIpc) is 2.30. The Labute approximate surface area is 96.4 Å². The van der Waals surface area contributed by atoms with Crippen LogP contribution in [-0.4, -0.2) is 22.0 Å². The normalized spacial score (nSPS) is 11.1. The summed E-state index contributed by atoms with van der Waals surface area (Å²) in [4.78, 5) is 0.268. The van der Waals surface area contributed by atoms with Crippen LogP contribution in [-0.2, 0) is 10.0 Å². The predicted octanol–water partition coefficient (Wildman–Crippen LogP) is 1.58. The minimum Gasteiger partial charge on any atom is -0.385 e. The van der Waals surface area contributed by atoms with Gasteiger partial charge in [0.2, 0.25) is 10.0 Å². The summed E-state index contributed by atoms with van der Waals surface area (Å²) >= 11 is 0. The van der Waals surface area contributed by atoms with Crippen molar-refractivity contribution >= 4 is 15.7 Å². The standard InChI is InChI=1S/C11H16N2O2S/c1-3-4-9-13-10-5-7-11(8-6-10)16(14,15)12-2/h3,5-8,12-13H,1,4,9H2,2H3. The third-order valence-electron chi connectivity index (χ3n) is 2.11. The molecule has 0 spiro atoms. The maximum absolute atomic E-state index is 11.4. The van der Waals surface area contributed by atoms with E-state index in [4.69, 9.17) is 0 Å². The highest BCUT2D eigenvalue weighted by Crippen LogP contribution is 2.13. The van der Waals surface area contributed by atoms with Crippen LogP contribution in [0.25, 0.3) is 0 Å². The summed E-state index contributed by atoms with van der Waals surface area (Å²) in [7, 11) is -1.94. The number of benzene rings is 1. The van der Waals surface area contributed by atoms with E-state index in [1.54, 1.807) is 24.3 Å². The third kappa shape index (κ3) is 3.36. The summed E-state index contributed by atoms with van der Waals surface area (Å²) in [6, 6.07) is 6.63. The fourth-order valence-electron chi connectivity index (χ4n) is 1.19. The molecule has 5 heteroatoms. The molecule has 0 aliphatic carbocycles. The van der Waals surface area contributed by atoms with Crippen LogP contribution in [0.3, 0.4) is 0 Å². The van der Waals surface area contributed by atoms with Crippen LogP contribution >= 0.6 is 0 Å². The second-order valence-electron chi connectivity index (χ2n) is 3.24. The molecule has 0 radical (unpaired) electrons. The smallest absolute Gasteiger partial charge is 0.240 e. The SMILES string of the molecule is C=CCCNc1ccc(S(=O)(=O)NC)cc1. The van der Waals surface area contributed by atoms with Gasteiger partial charge in [0, 0.05) is 12.2 Å². The van der Waals surface area contributed by atoms with Gasteiger partial charge in [-0.05, 0) is 37.7 Å². The first kappa shape index (κ1) is 12.7. The lowest BCUT2D eigenvalue weighted by Gasteiger charge is -2.06. The second kappa shape index (κ2) is 5.67. The van der Waals surface area contributed by atoms with Crippen LogP contribution in [0.1, 0.15) is 6.42 Å². The highest BCUT2D eigenvalue weighted by atomic mass is 32.2. The van der Waals surface area contributed by atoms with Crippen molar-refractivity contribution in [1.29, 1.82) is 0 Å². The van der Waals surface area contributed by atoms with E-state index in [1.807, 2.05) is 6.08 Å². The van der Waals surface area contributed by atoms with Gasteiger partial charge in [-0.1, -0.05) is 6.08 Å². The first-order chi connectivity index (χ1) is 7.60. The number of anilines is 1. The molecule has 0 unspecified atom stereocenters. The number of hydrogen-bond acceptors (Lipinski definition) is 3. The molecule has 2 N–H and O–H groups in total. The van der Waals surface area contributed by atoms with Gasteiger partial charge in [-0.15, -0.1) is 6.58 Å². The Balaban J connectivity index is 2.72. The quantitative estimate of drug-likeness (QED) is 0.586. The van der Waals surface area contributed by atoms with E-state index in [-0.39, 0.29) is 4.90 Å². The van der Waals surface area contributed by atoms with E-state index < -0.39 is 10.0 Å². The van der Waals surface area contributed by atoms with Gasteiger partial charge in [-0.25, -0.2) is 13.1 Å². The van der Waals surface area contributed by atoms with Gasteiger partial charge in [-0.3, -0.25) is 0 Å². The molecule has 0 aromatic heterocycles. The molecule has 0 amide bonds. The van der Waals surface area contributed by atoms with Crippen LogP contribution in [0.5, 0.6) is 0 Å². The van der Waals surface area contributed by atoms with Gasteiger partial charge in [0.15, 0.2) is 0 Å². The molecule has 4 nitrogen and oxygen atoms in total. The predicted molar refractivity (Wildman–Crippen MR) is 66.0 cm³/mol. The Hall–Kier alpha value is -1.33.